The van der Waals surface area contributed by atoms with E-state index in [9.17, 15) is 14.4 Å². The van der Waals surface area contributed by atoms with Crippen LogP contribution in [0.1, 0.15) is 23.9 Å². The van der Waals surface area contributed by atoms with E-state index < -0.39 is 11.9 Å². The van der Waals surface area contributed by atoms with Crippen molar-refractivity contribution in [1.82, 2.24) is 19.7 Å². The van der Waals surface area contributed by atoms with Gasteiger partial charge in [-0.15, -0.1) is 0 Å². The van der Waals surface area contributed by atoms with Crippen LogP contribution in [0.25, 0.3) is 5.95 Å². The van der Waals surface area contributed by atoms with Gasteiger partial charge in [0, 0.05) is 29.5 Å². The summed E-state index contributed by atoms with van der Waals surface area (Å²) >= 11 is 0. The number of carbonyl (C=O) groups is 2. The zero-order valence-electron chi connectivity index (χ0n) is 13.5. The Kier molecular flexibility index (Phi) is 4.93. The zero-order chi connectivity index (χ0) is 17.9. The summed E-state index contributed by atoms with van der Waals surface area (Å²) in [7, 11) is 0. The maximum atomic E-state index is 12.1. The molecule has 2 aromatic heterocycles. The molecule has 0 bridgehead atoms. The lowest BCUT2D eigenvalue weighted by atomic mass is 10.2. The quantitative estimate of drug-likeness (QED) is 0.692. The van der Waals surface area contributed by atoms with Crippen molar-refractivity contribution in [2.45, 2.75) is 27.2 Å². The normalized spacial score (nSPS) is 11.0. The fourth-order valence-electron chi connectivity index (χ4n) is 2.18. The number of carboxylic acids is 1. The van der Waals surface area contributed by atoms with E-state index in [1.807, 2.05) is 6.92 Å². The van der Waals surface area contributed by atoms with E-state index >= 15 is 0 Å². The van der Waals surface area contributed by atoms with Crippen LogP contribution in [0.15, 0.2) is 23.0 Å². The van der Waals surface area contributed by atoms with E-state index in [4.69, 9.17) is 5.11 Å². The summed E-state index contributed by atoms with van der Waals surface area (Å²) in [5.41, 5.74) is 1.48. The van der Waals surface area contributed by atoms with Gasteiger partial charge in [0.2, 0.25) is 11.9 Å². The van der Waals surface area contributed by atoms with Gasteiger partial charge < -0.3 is 10.4 Å². The first kappa shape index (κ1) is 17.1. The molecule has 0 saturated heterocycles. The first-order chi connectivity index (χ1) is 11.3. The molecule has 126 valence electrons. The molecule has 0 aliphatic rings. The molecule has 0 aromatic carbocycles. The molecule has 2 aromatic rings. The molecule has 0 spiro atoms. The molecule has 3 N–H and O–H groups in total. The Labute approximate surface area is 137 Å². The SMILES string of the molecule is CCc1c(C)nc(-n2nc(C)cc2NC(=O)/C=C/C(=O)O)[nH]c1=O. The molecule has 0 unspecified atom stereocenters. The number of nitrogens with zero attached hydrogens (tertiary/aromatic N) is 3. The zero-order valence-corrected chi connectivity index (χ0v) is 13.5. The maximum absolute atomic E-state index is 12.1. The summed E-state index contributed by atoms with van der Waals surface area (Å²) < 4.78 is 1.29. The highest BCUT2D eigenvalue weighted by Gasteiger charge is 2.14. The van der Waals surface area contributed by atoms with Gasteiger partial charge in [0.25, 0.3) is 5.56 Å². The molecule has 2 heterocycles. The summed E-state index contributed by atoms with van der Waals surface area (Å²) in [6.07, 6.45) is 2.16. The van der Waals surface area contributed by atoms with Gasteiger partial charge in [-0.1, -0.05) is 6.92 Å². The van der Waals surface area contributed by atoms with Gasteiger partial charge in [-0.2, -0.15) is 9.78 Å². The molecular formula is C15H17N5O4. The second-order valence-corrected chi connectivity index (χ2v) is 5.05. The Hall–Kier alpha value is -3.23. The molecule has 0 radical (unpaired) electrons. The fourth-order valence-corrected chi connectivity index (χ4v) is 2.18. The number of carbonyl (C=O) groups excluding carboxylic acids is 1. The second kappa shape index (κ2) is 6.90. The summed E-state index contributed by atoms with van der Waals surface area (Å²) in [4.78, 5) is 41.2. The highest BCUT2D eigenvalue weighted by molar-refractivity contribution is 6.01. The van der Waals surface area contributed by atoms with E-state index in [2.05, 4.69) is 20.4 Å². The van der Waals surface area contributed by atoms with Gasteiger partial charge in [0.05, 0.1) is 5.69 Å². The minimum Gasteiger partial charge on any atom is -0.478 e. The van der Waals surface area contributed by atoms with Crippen molar-refractivity contribution in [3.8, 4) is 5.95 Å². The molecule has 0 atom stereocenters. The Morgan fingerprint density at radius 1 is 1.38 bits per heavy atom. The number of aromatic amines is 1. The fraction of sp³-hybridized carbons (Fsp3) is 0.267. The topological polar surface area (TPSA) is 130 Å². The first-order valence-electron chi connectivity index (χ1n) is 7.20. The summed E-state index contributed by atoms with van der Waals surface area (Å²) in [5, 5.41) is 15.2. The maximum Gasteiger partial charge on any atom is 0.328 e. The van der Waals surface area contributed by atoms with Gasteiger partial charge in [-0.05, 0) is 20.3 Å². The lowest BCUT2D eigenvalue weighted by Crippen LogP contribution is -2.21. The number of rotatable bonds is 5. The third-order valence-corrected chi connectivity index (χ3v) is 3.22. The number of nitrogens with one attached hydrogen (secondary N) is 2. The first-order valence-corrected chi connectivity index (χ1v) is 7.20. The molecule has 0 aliphatic carbocycles. The number of hydrogen-bond donors (Lipinski definition) is 3. The number of aromatic nitrogens is 4. The van der Waals surface area contributed by atoms with Crippen molar-refractivity contribution < 1.29 is 14.7 Å². The highest BCUT2D eigenvalue weighted by Crippen LogP contribution is 2.14. The molecule has 9 nitrogen and oxygen atoms in total. The smallest absolute Gasteiger partial charge is 0.328 e. The Balaban J connectivity index is 2.41. The van der Waals surface area contributed by atoms with Crippen LogP contribution >= 0.6 is 0 Å². The summed E-state index contributed by atoms with van der Waals surface area (Å²) in [6, 6.07) is 1.58. The van der Waals surface area contributed by atoms with E-state index in [0.717, 1.165) is 12.2 Å². The molecule has 0 aliphatic heterocycles. The van der Waals surface area contributed by atoms with Crippen LogP contribution in [0.4, 0.5) is 5.82 Å². The molecule has 24 heavy (non-hydrogen) atoms. The lowest BCUT2D eigenvalue weighted by Gasteiger charge is -2.09. The predicted octanol–water partition coefficient (Wildman–Crippen LogP) is 0.714. The minimum absolute atomic E-state index is 0.167. The number of aliphatic carboxylic acids is 1. The number of amides is 1. The van der Waals surface area contributed by atoms with Crippen molar-refractivity contribution in [3.63, 3.8) is 0 Å². The standard InChI is InChI=1S/C15H17N5O4/c1-4-10-9(3)16-15(18-14(10)24)20-11(7-8(2)19-20)17-12(21)5-6-13(22)23/h5-7H,4H2,1-3H3,(H,17,21)(H,22,23)(H,16,18,24)/b6-5+. The third kappa shape index (κ3) is 3.75. The van der Waals surface area contributed by atoms with Crippen LogP contribution in [-0.2, 0) is 16.0 Å². The average molecular weight is 331 g/mol. The summed E-state index contributed by atoms with van der Waals surface area (Å²) in [6.45, 7) is 5.30. The minimum atomic E-state index is -1.23. The lowest BCUT2D eigenvalue weighted by molar-refractivity contribution is -0.131. The van der Waals surface area contributed by atoms with Gasteiger partial charge in [0.15, 0.2) is 0 Å². The molecule has 0 saturated carbocycles. The Morgan fingerprint density at radius 2 is 2.08 bits per heavy atom. The Bertz CT molecular complexity index is 878. The number of anilines is 1. The molecular weight excluding hydrogens is 314 g/mol. The van der Waals surface area contributed by atoms with E-state index in [1.165, 1.54) is 4.68 Å². The van der Waals surface area contributed by atoms with Gasteiger partial charge in [-0.3, -0.25) is 14.6 Å². The average Bonchev–Trinajstić information content (AvgIpc) is 2.85. The van der Waals surface area contributed by atoms with Gasteiger partial charge >= 0.3 is 5.97 Å². The van der Waals surface area contributed by atoms with Crippen molar-refractivity contribution in [1.29, 1.82) is 0 Å². The third-order valence-electron chi connectivity index (χ3n) is 3.22. The van der Waals surface area contributed by atoms with E-state index in [-0.39, 0.29) is 17.3 Å². The van der Waals surface area contributed by atoms with Gasteiger partial charge in [0.1, 0.15) is 5.82 Å². The van der Waals surface area contributed by atoms with Crippen molar-refractivity contribution in [2.24, 2.45) is 0 Å². The van der Waals surface area contributed by atoms with Crippen molar-refractivity contribution in [2.75, 3.05) is 5.32 Å². The van der Waals surface area contributed by atoms with Crippen LogP contribution in [0.2, 0.25) is 0 Å². The van der Waals surface area contributed by atoms with Crippen LogP contribution in [0.3, 0.4) is 0 Å². The van der Waals surface area contributed by atoms with Crippen LogP contribution in [0, 0.1) is 13.8 Å². The highest BCUT2D eigenvalue weighted by atomic mass is 16.4. The van der Waals surface area contributed by atoms with Gasteiger partial charge in [-0.25, -0.2) is 9.78 Å². The van der Waals surface area contributed by atoms with Crippen LogP contribution < -0.4 is 10.9 Å². The molecule has 0 fully saturated rings. The monoisotopic (exact) mass is 331 g/mol. The molecule has 9 heteroatoms. The number of aryl methyl sites for hydroxylation is 2. The largest absolute Gasteiger partial charge is 0.478 e. The van der Waals surface area contributed by atoms with E-state index in [0.29, 0.717) is 23.4 Å². The summed E-state index contributed by atoms with van der Waals surface area (Å²) in [5.74, 6) is -1.44. The Morgan fingerprint density at radius 3 is 2.67 bits per heavy atom. The molecule has 1 amide bonds. The predicted molar refractivity (Wildman–Crippen MR) is 86.2 cm³/mol. The number of hydrogen-bond acceptors (Lipinski definition) is 5. The van der Waals surface area contributed by atoms with Crippen LogP contribution in [-0.4, -0.2) is 36.7 Å². The van der Waals surface area contributed by atoms with E-state index in [1.54, 1.807) is 19.9 Å². The van der Waals surface area contributed by atoms with Crippen LogP contribution in [0.5, 0.6) is 0 Å². The number of H-pyrrole nitrogens is 1. The second-order valence-electron chi connectivity index (χ2n) is 5.05. The number of carboxylic acid groups (broad SMARTS) is 1. The molecule has 2 rings (SSSR count). The van der Waals surface area contributed by atoms with Crippen molar-refractivity contribution in [3.05, 3.63) is 45.5 Å². The van der Waals surface area contributed by atoms with Crippen molar-refractivity contribution >= 4 is 17.7 Å².